The molecule has 0 amide bonds. The summed E-state index contributed by atoms with van der Waals surface area (Å²) in [6.07, 6.45) is 4.51. The van der Waals surface area contributed by atoms with E-state index in [0.717, 1.165) is 29.7 Å². The van der Waals surface area contributed by atoms with Gasteiger partial charge in [-0.1, -0.05) is 18.2 Å². The molecule has 0 aliphatic heterocycles. The zero-order valence-electron chi connectivity index (χ0n) is 11.5. The predicted molar refractivity (Wildman–Crippen MR) is 83.8 cm³/mol. The van der Waals surface area contributed by atoms with Crippen molar-refractivity contribution in [2.45, 2.75) is 6.42 Å². The Morgan fingerprint density at radius 3 is 2.76 bits per heavy atom. The summed E-state index contributed by atoms with van der Waals surface area (Å²) < 4.78 is 0. The maximum absolute atomic E-state index is 5.42. The molecule has 0 atom stereocenters. The first-order valence-electron chi connectivity index (χ1n) is 6.73. The fourth-order valence-corrected chi connectivity index (χ4v) is 2.15. The van der Waals surface area contributed by atoms with Gasteiger partial charge in [-0.2, -0.15) is 4.98 Å². The molecule has 6 nitrogen and oxygen atoms in total. The standard InChI is InChI=1S/C15H16N6/c16-21-15-19-13-6-2-1-5-12(13)14(20-15)18-9-7-11-4-3-8-17-10-11/h1-6,8,10H,7,9,16H2,(H2,18,19,20,21). The van der Waals surface area contributed by atoms with Gasteiger partial charge in [0.2, 0.25) is 5.95 Å². The molecule has 2 aromatic heterocycles. The lowest BCUT2D eigenvalue weighted by Crippen LogP contribution is -2.13. The molecule has 0 saturated heterocycles. The Kier molecular flexibility index (Phi) is 3.88. The molecule has 0 aliphatic rings. The molecule has 6 heteroatoms. The summed E-state index contributed by atoms with van der Waals surface area (Å²) in [6, 6.07) is 11.8. The molecular formula is C15H16N6. The third-order valence-corrected chi connectivity index (χ3v) is 3.16. The van der Waals surface area contributed by atoms with Gasteiger partial charge in [-0.05, 0) is 30.2 Å². The van der Waals surface area contributed by atoms with E-state index >= 15 is 0 Å². The number of hydrogen-bond donors (Lipinski definition) is 3. The first kappa shape index (κ1) is 13.3. The smallest absolute Gasteiger partial charge is 0.239 e. The van der Waals surface area contributed by atoms with Gasteiger partial charge in [0.25, 0.3) is 0 Å². The van der Waals surface area contributed by atoms with Gasteiger partial charge in [0.05, 0.1) is 5.52 Å². The minimum Gasteiger partial charge on any atom is -0.369 e. The zero-order chi connectivity index (χ0) is 14.5. The van der Waals surface area contributed by atoms with E-state index in [4.69, 9.17) is 5.84 Å². The average Bonchev–Trinajstić information content (AvgIpc) is 2.55. The molecular weight excluding hydrogens is 264 g/mol. The van der Waals surface area contributed by atoms with Crippen molar-refractivity contribution in [2.24, 2.45) is 5.84 Å². The average molecular weight is 280 g/mol. The Bertz CT molecular complexity index is 729. The molecule has 21 heavy (non-hydrogen) atoms. The van der Waals surface area contributed by atoms with Crippen molar-refractivity contribution in [2.75, 3.05) is 17.3 Å². The highest BCUT2D eigenvalue weighted by molar-refractivity contribution is 5.89. The van der Waals surface area contributed by atoms with E-state index in [9.17, 15) is 0 Å². The quantitative estimate of drug-likeness (QED) is 0.489. The second-order valence-electron chi connectivity index (χ2n) is 4.60. The monoisotopic (exact) mass is 280 g/mol. The fraction of sp³-hybridized carbons (Fsp3) is 0.133. The first-order valence-corrected chi connectivity index (χ1v) is 6.73. The van der Waals surface area contributed by atoms with Crippen LogP contribution in [0.1, 0.15) is 5.56 Å². The predicted octanol–water partition coefficient (Wildman–Crippen LogP) is 1.96. The van der Waals surface area contributed by atoms with Crippen molar-refractivity contribution in [1.29, 1.82) is 0 Å². The van der Waals surface area contributed by atoms with Gasteiger partial charge in [-0.15, -0.1) is 0 Å². The number of pyridine rings is 1. The topological polar surface area (TPSA) is 88.8 Å². The van der Waals surface area contributed by atoms with E-state index in [-0.39, 0.29) is 0 Å². The van der Waals surface area contributed by atoms with Crippen LogP contribution in [-0.2, 0) is 6.42 Å². The minimum absolute atomic E-state index is 0.401. The van der Waals surface area contributed by atoms with Crippen LogP contribution in [0.4, 0.5) is 11.8 Å². The number of nitrogens with one attached hydrogen (secondary N) is 2. The number of nitrogens with two attached hydrogens (primary N) is 1. The lowest BCUT2D eigenvalue weighted by Gasteiger charge is -2.10. The van der Waals surface area contributed by atoms with E-state index < -0.39 is 0 Å². The Balaban J connectivity index is 1.79. The number of aromatic nitrogens is 3. The molecule has 0 bridgehead atoms. The van der Waals surface area contributed by atoms with Crippen LogP contribution in [0, 0.1) is 0 Å². The molecule has 106 valence electrons. The number of para-hydroxylation sites is 1. The summed E-state index contributed by atoms with van der Waals surface area (Å²) in [5.41, 5.74) is 4.53. The summed E-state index contributed by atoms with van der Waals surface area (Å²) in [7, 11) is 0. The van der Waals surface area contributed by atoms with Gasteiger partial charge in [0.15, 0.2) is 0 Å². The van der Waals surface area contributed by atoms with Gasteiger partial charge in [0, 0.05) is 24.3 Å². The largest absolute Gasteiger partial charge is 0.369 e. The van der Waals surface area contributed by atoms with E-state index in [1.54, 1.807) is 6.20 Å². The van der Waals surface area contributed by atoms with Gasteiger partial charge < -0.3 is 5.32 Å². The van der Waals surface area contributed by atoms with Crippen molar-refractivity contribution < 1.29 is 0 Å². The molecule has 0 aliphatic carbocycles. The number of hydrogen-bond acceptors (Lipinski definition) is 6. The normalized spacial score (nSPS) is 10.5. The molecule has 1 aromatic carbocycles. The van der Waals surface area contributed by atoms with Gasteiger partial charge in [0.1, 0.15) is 5.82 Å². The third kappa shape index (κ3) is 3.06. The second-order valence-corrected chi connectivity index (χ2v) is 4.60. The maximum atomic E-state index is 5.42. The van der Waals surface area contributed by atoms with Crippen LogP contribution in [0.5, 0.6) is 0 Å². The number of fused-ring (bicyclic) bond motifs is 1. The maximum Gasteiger partial charge on any atom is 0.239 e. The number of hydrazine groups is 1. The van der Waals surface area contributed by atoms with Crippen LogP contribution in [0.15, 0.2) is 48.8 Å². The van der Waals surface area contributed by atoms with E-state index in [2.05, 4.69) is 31.8 Å². The third-order valence-electron chi connectivity index (χ3n) is 3.16. The summed E-state index contributed by atoms with van der Waals surface area (Å²) >= 11 is 0. The lowest BCUT2D eigenvalue weighted by molar-refractivity contribution is 0.993. The minimum atomic E-state index is 0.401. The Labute approximate surface area is 122 Å². The van der Waals surface area contributed by atoms with Gasteiger partial charge in [-0.25, -0.2) is 10.8 Å². The molecule has 3 aromatic rings. The summed E-state index contributed by atoms with van der Waals surface area (Å²) in [6.45, 7) is 0.761. The molecule has 4 N–H and O–H groups in total. The van der Waals surface area contributed by atoms with Crippen molar-refractivity contribution in [1.82, 2.24) is 15.0 Å². The van der Waals surface area contributed by atoms with Gasteiger partial charge in [-0.3, -0.25) is 10.4 Å². The second kappa shape index (κ2) is 6.15. The van der Waals surface area contributed by atoms with E-state index in [1.165, 1.54) is 5.56 Å². The van der Waals surface area contributed by atoms with Crippen LogP contribution in [0.25, 0.3) is 10.9 Å². The van der Waals surface area contributed by atoms with E-state index in [1.807, 2.05) is 36.5 Å². The van der Waals surface area contributed by atoms with Crippen LogP contribution in [-0.4, -0.2) is 21.5 Å². The van der Waals surface area contributed by atoms with Crippen LogP contribution >= 0.6 is 0 Å². The highest BCUT2D eigenvalue weighted by Gasteiger charge is 2.06. The summed E-state index contributed by atoms with van der Waals surface area (Å²) in [5, 5.41) is 4.31. The van der Waals surface area contributed by atoms with Crippen molar-refractivity contribution in [3.05, 3.63) is 54.4 Å². The number of anilines is 2. The van der Waals surface area contributed by atoms with Crippen LogP contribution in [0.3, 0.4) is 0 Å². The number of nitrogen functional groups attached to an aromatic ring is 1. The summed E-state index contributed by atoms with van der Waals surface area (Å²) in [4.78, 5) is 12.8. The number of benzene rings is 1. The lowest BCUT2D eigenvalue weighted by atomic mass is 10.2. The number of rotatable bonds is 5. The molecule has 3 rings (SSSR count). The van der Waals surface area contributed by atoms with Crippen molar-refractivity contribution >= 4 is 22.7 Å². The highest BCUT2D eigenvalue weighted by Crippen LogP contribution is 2.21. The highest BCUT2D eigenvalue weighted by atomic mass is 15.3. The van der Waals surface area contributed by atoms with Crippen LogP contribution < -0.4 is 16.6 Å². The summed E-state index contributed by atoms with van der Waals surface area (Å²) in [5.74, 6) is 6.59. The molecule has 0 fully saturated rings. The fourth-order valence-electron chi connectivity index (χ4n) is 2.15. The van der Waals surface area contributed by atoms with Crippen LogP contribution in [0.2, 0.25) is 0 Å². The SMILES string of the molecule is NNc1nc(NCCc2cccnc2)c2ccccc2n1. The van der Waals surface area contributed by atoms with E-state index in [0.29, 0.717) is 5.95 Å². The van der Waals surface area contributed by atoms with Gasteiger partial charge >= 0.3 is 0 Å². The molecule has 2 heterocycles. The zero-order valence-corrected chi connectivity index (χ0v) is 11.5. The Hall–Kier alpha value is -2.73. The molecule has 0 unspecified atom stereocenters. The molecule has 0 saturated carbocycles. The van der Waals surface area contributed by atoms with Crippen molar-refractivity contribution in [3.8, 4) is 0 Å². The number of nitrogens with zero attached hydrogens (tertiary/aromatic N) is 3. The molecule has 0 spiro atoms. The Morgan fingerprint density at radius 2 is 1.95 bits per heavy atom. The Morgan fingerprint density at radius 1 is 1.05 bits per heavy atom. The van der Waals surface area contributed by atoms with Crippen molar-refractivity contribution in [3.63, 3.8) is 0 Å². The first-order chi connectivity index (χ1) is 10.4. The molecule has 0 radical (unpaired) electrons.